The molecule has 3 nitrogen and oxygen atoms in total. The summed E-state index contributed by atoms with van der Waals surface area (Å²) in [6.07, 6.45) is 2.73. The van der Waals surface area contributed by atoms with Crippen molar-refractivity contribution in [1.29, 1.82) is 0 Å². The summed E-state index contributed by atoms with van der Waals surface area (Å²) in [4.78, 5) is 14.7. The number of carbonyl (C=O) groups excluding carboxylic acids is 1. The molecule has 1 atom stereocenters. The van der Waals surface area contributed by atoms with Crippen molar-refractivity contribution in [3.05, 3.63) is 35.5 Å². The number of aryl methyl sites for hydroxylation is 1. The number of Topliss-reactive ketones (excluding diaryl/α,β-unsaturated/α-hetero) is 1. The van der Waals surface area contributed by atoms with Crippen molar-refractivity contribution in [3.8, 4) is 0 Å². The van der Waals surface area contributed by atoms with Crippen LogP contribution in [-0.4, -0.2) is 23.9 Å². The van der Waals surface area contributed by atoms with Gasteiger partial charge in [-0.25, -0.2) is 0 Å². The molecular formula is C14H18N2O. The Morgan fingerprint density at radius 3 is 2.88 bits per heavy atom. The van der Waals surface area contributed by atoms with Crippen LogP contribution in [0.2, 0.25) is 0 Å². The van der Waals surface area contributed by atoms with E-state index >= 15 is 0 Å². The zero-order valence-electron chi connectivity index (χ0n) is 10.5. The summed E-state index contributed by atoms with van der Waals surface area (Å²) in [7, 11) is 1.82. The van der Waals surface area contributed by atoms with Gasteiger partial charge in [0.2, 0.25) is 0 Å². The number of rotatable bonds is 4. The highest BCUT2D eigenvalue weighted by molar-refractivity contribution is 5.86. The Bertz CT molecular complexity index is 542. The smallest absolute Gasteiger partial charge is 0.147 e. The molecule has 0 radical (unpaired) electrons. The molecule has 90 valence electrons. The fraction of sp³-hybridized carbons (Fsp3) is 0.357. The third-order valence-corrected chi connectivity index (χ3v) is 3.19. The molecule has 0 bridgehead atoms. The summed E-state index contributed by atoms with van der Waals surface area (Å²) < 4.78 is 0. The summed E-state index contributed by atoms with van der Waals surface area (Å²) in [5, 5.41) is 4.26. The lowest BCUT2D eigenvalue weighted by molar-refractivity contribution is -0.118. The fourth-order valence-corrected chi connectivity index (χ4v) is 2.14. The van der Waals surface area contributed by atoms with Crippen molar-refractivity contribution in [1.82, 2.24) is 10.3 Å². The van der Waals surface area contributed by atoms with Crippen molar-refractivity contribution in [3.63, 3.8) is 0 Å². The Morgan fingerprint density at radius 1 is 1.47 bits per heavy atom. The van der Waals surface area contributed by atoms with Gasteiger partial charge in [-0.2, -0.15) is 0 Å². The average Bonchev–Trinajstić information content (AvgIpc) is 2.67. The lowest BCUT2D eigenvalue weighted by Gasteiger charge is -2.11. The lowest BCUT2D eigenvalue weighted by Crippen LogP contribution is -2.34. The maximum atomic E-state index is 11.4. The van der Waals surface area contributed by atoms with E-state index in [1.165, 1.54) is 16.5 Å². The van der Waals surface area contributed by atoms with Crippen molar-refractivity contribution < 1.29 is 4.79 Å². The zero-order valence-corrected chi connectivity index (χ0v) is 10.5. The minimum Gasteiger partial charge on any atom is -0.361 e. The van der Waals surface area contributed by atoms with Gasteiger partial charge in [0.15, 0.2) is 0 Å². The second-order valence-corrected chi connectivity index (χ2v) is 4.52. The Kier molecular flexibility index (Phi) is 3.29. The number of aromatic amines is 1. The Morgan fingerprint density at radius 2 is 2.24 bits per heavy atom. The predicted octanol–water partition coefficient (Wildman–Crippen LogP) is 2.20. The van der Waals surface area contributed by atoms with E-state index in [1.54, 1.807) is 6.92 Å². The van der Waals surface area contributed by atoms with Crippen molar-refractivity contribution in [2.24, 2.45) is 0 Å². The predicted molar refractivity (Wildman–Crippen MR) is 70.3 cm³/mol. The number of hydrogen-bond donors (Lipinski definition) is 2. The molecule has 0 aliphatic rings. The number of hydrogen-bond acceptors (Lipinski definition) is 2. The molecule has 0 saturated heterocycles. The van der Waals surface area contributed by atoms with Gasteiger partial charge in [-0.3, -0.25) is 4.79 Å². The molecular weight excluding hydrogens is 212 g/mol. The molecule has 2 rings (SSSR count). The molecule has 3 heteroatoms. The molecule has 2 aromatic rings. The Balaban J connectivity index is 2.33. The van der Waals surface area contributed by atoms with Gasteiger partial charge < -0.3 is 10.3 Å². The minimum atomic E-state index is -0.102. The lowest BCUT2D eigenvalue weighted by atomic mass is 10.0. The average molecular weight is 230 g/mol. The standard InChI is InChI=1S/C14H18N2O/c1-9-4-5-12-11(8-16-14(12)6-9)7-13(15-3)10(2)17/h4-6,8,13,15-16H,7H2,1-3H3. The van der Waals surface area contributed by atoms with E-state index in [0.717, 1.165) is 11.9 Å². The molecule has 17 heavy (non-hydrogen) atoms. The van der Waals surface area contributed by atoms with Crippen molar-refractivity contribution in [2.45, 2.75) is 26.3 Å². The minimum absolute atomic E-state index is 0.102. The number of fused-ring (bicyclic) bond motifs is 1. The van der Waals surface area contributed by atoms with Crippen LogP contribution in [0.4, 0.5) is 0 Å². The highest BCUT2D eigenvalue weighted by Gasteiger charge is 2.14. The zero-order chi connectivity index (χ0) is 12.4. The van der Waals surface area contributed by atoms with Crippen LogP contribution in [0, 0.1) is 6.92 Å². The van der Waals surface area contributed by atoms with E-state index < -0.39 is 0 Å². The van der Waals surface area contributed by atoms with Gasteiger partial charge in [0, 0.05) is 17.1 Å². The van der Waals surface area contributed by atoms with E-state index in [9.17, 15) is 4.79 Å². The van der Waals surface area contributed by atoms with E-state index in [2.05, 4.69) is 35.4 Å². The van der Waals surface area contributed by atoms with Crippen LogP contribution in [0.1, 0.15) is 18.1 Å². The third kappa shape index (κ3) is 2.39. The van der Waals surface area contributed by atoms with Gasteiger partial charge in [0.25, 0.3) is 0 Å². The molecule has 1 unspecified atom stereocenters. The van der Waals surface area contributed by atoms with Gasteiger partial charge in [0.1, 0.15) is 5.78 Å². The molecule has 1 aromatic heterocycles. The van der Waals surface area contributed by atoms with Gasteiger partial charge >= 0.3 is 0 Å². The Hall–Kier alpha value is -1.61. The van der Waals surface area contributed by atoms with E-state index in [4.69, 9.17) is 0 Å². The largest absolute Gasteiger partial charge is 0.361 e. The molecule has 0 fully saturated rings. The number of benzene rings is 1. The molecule has 1 heterocycles. The third-order valence-electron chi connectivity index (χ3n) is 3.19. The number of ketones is 1. The van der Waals surface area contributed by atoms with Gasteiger partial charge in [-0.15, -0.1) is 0 Å². The number of likely N-dealkylation sites (N-methyl/N-ethyl adjacent to an activating group) is 1. The number of H-pyrrole nitrogens is 1. The summed E-state index contributed by atoms with van der Waals surface area (Å²) in [6.45, 7) is 3.70. The van der Waals surface area contributed by atoms with E-state index in [-0.39, 0.29) is 11.8 Å². The summed E-state index contributed by atoms with van der Waals surface area (Å²) in [5.74, 6) is 0.175. The normalized spacial score (nSPS) is 12.9. The van der Waals surface area contributed by atoms with Crippen LogP contribution in [0.25, 0.3) is 10.9 Å². The molecule has 0 amide bonds. The maximum absolute atomic E-state index is 11.4. The molecule has 0 aliphatic heterocycles. The monoisotopic (exact) mass is 230 g/mol. The van der Waals surface area contributed by atoms with E-state index in [1.807, 2.05) is 13.2 Å². The second-order valence-electron chi connectivity index (χ2n) is 4.52. The fourth-order valence-electron chi connectivity index (χ4n) is 2.14. The molecule has 0 saturated carbocycles. The quantitative estimate of drug-likeness (QED) is 0.845. The van der Waals surface area contributed by atoms with Crippen LogP contribution >= 0.6 is 0 Å². The first-order chi connectivity index (χ1) is 8.11. The van der Waals surface area contributed by atoms with Crippen LogP contribution in [0.15, 0.2) is 24.4 Å². The second kappa shape index (κ2) is 4.72. The van der Waals surface area contributed by atoms with Crippen LogP contribution in [0.5, 0.6) is 0 Å². The topological polar surface area (TPSA) is 44.9 Å². The van der Waals surface area contributed by atoms with Crippen LogP contribution < -0.4 is 5.32 Å². The number of nitrogens with one attached hydrogen (secondary N) is 2. The van der Waals surface area contributed by atoms with Crippen molar-refractivity contribution in [2.75, 3.05) is 7.05 Å². The van der Waals surface area contributed by atoms with Crippen LogP contribution in [-0.2, 0) is 11.2 Å². The first-order valence-corrected chi connectivity index (χ1v) is 5.86. The van der Waals surface area contributed by atoms with Gasteiger partial charge in [0.05, 0.1) is 6.04 Å². The SMILES string of the molecule is CNC(Cc1c[nH]c2cc(C)ccc12)C(C)=O. The summed E-state index contributed by atoms with van der Waals surface area (Å²) >= 11 is 0. The van der Waals surface area contributed by atoms with Crippen LogP contribution in [0.3, 0.4) is 0 Å². The maximum Gasteiger partial charge on any atom is 0.147 e. The highest BCUT2D eigenvalue weighted by atomic mass is 16.1. The number of aromatic nitrogens is 1. The van der Waals surface area contributed by atoms with Gasteiger partial charge in [-0.05, 0) is 44.5 Å². The van der Waals surface area contributed by atoms with Gasteiger partial charge in [-0.1, -0.05) is 12.1 Å². The number of carbonyl (C=O) groups is 1. The highest BCUT2D eigenvalue weighted by Crippen LogP contribution is 2.20. The Labute approximate surface area is 101 Å². The molecule has 1 aromatic carbocycles. The summed E-state index contributed by atoms with van der Waals surface area (Å²) in [6, 6.07) is 6.24. The van der Waals surface area contributed by atoms with Crippen molar-refractivity contribution >= 4 is 16.7 Å². The molecule has 0 spiro atoms. The molecule has 2 N–H and O–H groups in total. The first-order valence-electron chi connectivity index (χ1n) is 5.86. The summed E-state index contributed by atoms with van der Waals surface area (Å²) in [5.41, 5.74) is 3.57. The van der Waals surface area contributed by atoms with E-state index in [0.29, 0.717) is 0 Å². The first kappa shape index (κ1) is 11.9. The molecule has 0 aliphatic carbocycles.